The van der Waals surface area contributed by atoms with Crippen LogP contribution in [0, 0.1) is 5.92 Å². The van der Waals surface area contributed by atoms with Crippen molar-refractivity contribution in [3.63, 3.8) is 0 Å². The van der Waals surface area contributed by atoms with Crippen molar-refractivity contribution < 1.29 is 9.53 Å². The molecular formula is C12H18ClN3O2. The predicted molar refractivity (Wildman–Crippen MR) is 69.7 cm³/mol. The number of aromatic nitrogens is 2. The van der Waals surface area contributed by atoms with Crippen molar-refractivity contribution in [3.8, 4) is 0 Å². The van der Waals surface area contributed by atoms with E-state index in [1.54, 1.807) is 17.8 Å². The van der Waals surface area contributed by atoms with E-state index in [2.05, 4.69) is 10.4 Å². The Morgan fingerprint density at radius 3 is 3.28 bits per heavy atom. The number of hydrogen-bond acceptors (Lipinski definition) is 3. The van der Waals surface area contributed by atoms with Crippen LogP contribution in [0.1, 0.15) is 19.8 Å². The van der Waals surface area contributed by atoms with Gasteiger partial charge in [0, 0.05) is 24.6 Å². The molecule has 0 aliphatic carbocycles. The van der Waals surface area contributed by atoms with E-state index >= 15 is 0 Å². The van der Waals surface area contributed by atoms with Gasteiger partial charge in [0.05, 0.1) is 24.5 Å². The number of hydrogen-bond donors (Lipinski definition) is 1. The Bertz CT molecular complexity index is 402. The van der Waals surface area contributed by atoms with Crippen molar-refractivity contribution in [2.24, 2.45) is 5.92 Å². The topological polar surface area (TPSA) is 56.2 Å². The first kappa shape index (κ1) is 13.4. The first-order valence-electron chi connectivity index (χ1n) is 6.20. The van der Waals surface area contributed by atoms with Crippen molar-refractivity contribution in [1.82, 2.24) is 9.78 Å². The van der Waals surface area contributed by atoms with Gasteiger partial charge in [-0.1, -0.05) is 6.92 Å². The van der Waals surface area contributed by atoms with Crippen LogP contribution in [0.15, 0.2) is 12.4 Å². The summed E-state index contributed by atoms with van der Waals surface area (Å²) in [6.45, 7) is 3.36. The Morgan fingerprint density at radius 2 is 2.61 bits per heavy atom. The maximum atomic E-state index is 11.6. The fourth-order valence-electron chi connectivity index (χ4n) is 1.86. The van der Waals surface area contributed by atoms with Crippen molar-refractivity contribution in [2.75, 3.05) is 17.8 Å². The first-order chi connectivity index (χ1) is 8.69. The van der Waals surface area contributed by atoms with E-state index in [0.717, 1.165) is 26.0 Å². The highest BCUT2D eigenvalue weighted by Crippen LogP contribution is 2.15. The van der Waals surface area contributed by atoms with Crippen molar-refractivity contribution in [2.45, 2.75) is 32.4 Å². The summed E-state index contributed by atoms with van der Waals surface area (Å²) in [5.41, 5.74) is 0.704. The Hall–Kier alpha value is -1.07. The van der Waals surface area contributed by atoms with Crippen molar-refractivity contribution >= 4 is 23.2 Å². The third-order valence-electron chi connectivity index (χ3n) is 2.99. The summed E-state index contributed by atoms with van der Waals surface area (Å²) in [5.74, 6) is 0.0328. The number of carbonyl (C=O) groups excluding carboxylic acids is 1. The quantitative estimate of drug-likeness (QED) is 0.832. The zero-order valence-electron chi connectivity index (χ0n) is 10.4. The molecule has 0 radical (unpaired) electrons. The lowest BCUT2D eigenvalue weighted by atomic mass is 10.2. The third-order valence-corrected chi connectivity index (χ3v) is 3.46. The highest BCUT2D eigenvalue weighted by Gasteiger charge is 2.17. The van der Waals surface area contributed by atoms with Crippen LogP contribution in [0.2, 0.25) is 0 Å². The van der Waals surface area contributed by atoms with Gasteiger partial charge in [0.1, 0.15) is 0 Å². The van der Waals surface area contributed by atoms with E-state index < -0.39 is 0 Å². The fourth-order valence-corrected chi connectivity index (χ4v) is 2.00. The van der Waals surface area contributed by atoms with Gasteiger partial charge in [0.2, 0.25) is 5.91 Å². The van der Waals surface area contributed by atoms with E-state index in [1.165, 1.54) is 0 Å². The van der Waals surface area contributed by atoms with Gasteiger partial charge in [-0.15, -0.1) is 11.6 Å². The van der Waals surface area contributed by atoms with E-state index in [0.29, 0.717) is 11.6 Å². The average Bonchev–Trinajstić information content (AvgIpc) is 3.01. The van der Waals surface area contributed by atoms with E-state index in [4.69, 9.17) is 16.3 Å². The number of anilines is 1. The third kappa shape index (κ3) is 3.46. The van der Waals surface area contributed by atoms with Crippen LogP contribution in [0.5, 0.6) is 0 Å². The molecule has 1 aromatic heterocycles. The monoisotopic (exact) mass is 271 g/mol. The standard InChI is InChI=1S/C12H18ClN3O2/c1-9(5-13)12(17)15-10-6-14-16(7-10)8-11-3-2-4-18-11/h6-7,9,11H,2-5,8H2,1H3,(H,15,17). The Morgan fingerprint density at radius 1 is 1.78 bits per heavy atom. The molecule has 0 spiro atoms. The number of halogens is 1. The summed E-state index contributed by atoms with van der Waals surface area (Å²) in [6, 6.07) is 0. The molecule has 0 saturated carbocycles. The second-order valence-corrected chi connectivity index (χ2v) is 4.94. The zero-order valence-corrected chi connectivity index (χ0v) is 11.2. The number of amides is 1. The summed E-state index contributed by atoms with van der Waals surface area (Å²) in [4.78, 5) is 11.6. The lowest BCUT2D eigenvalue weighted by Gasteiger charge is -2.09. The molecular weight excluding hydrogens is 254 g/mol. The molecule has 1 saturated heterocycles. The summed E-state index contributed by atoms with van der Waals surface area (Å²) in [7, 11) is 0. The van der Waals surface area contributed by atoms with E-state index in [9.17, 15) is 4.79 Å². The summed E-state index contributed by atoms with van der Waals surface area (Å²) >= 11 is 5.63. The maximum absolute atomic E-state index is 11.6. The van der Waals surface area contributed by atoms with Gasteiger partial charge in [0.25, 0.3) is 0 Å². The molecule has 0 bridgehead atoms. The molecule has 2 atom stereocenters. The van der Waals surface area contributed by atoms with E-state index in [-0.39, 0.29) is 17.9 Å². The van der Waals surface area contributed by atoms with Crippen LogP contribution in [0.3, 0.4) is 0 Å². The Balaban J connectivity index is 1.87. The second kappa shape index (κ2) is 6.20. The SMILES string of the molecule is CC(CCl)C(=O)Nc1cnn(CC2CCCO2)c1. The normalized spacial score (nSPS) is 20.9. The number of alkyl halides is 1. The van der Waals surface area contributed by atoms with E-state index in [1.807, 2.05) is 6.20 Å². The molecule has 2 rings (SSSR count). The Kier molecular flexibility index (Phi) is 4.60. The largest absolute Gasteiger partial charge is 0.376 e. The molecule has 100 valence electrons. The lowest BCUT2D eigenvalue weighted by molar-refractivity contribution is -0.118. The molecule has 18 heavy (non-hydrogen) atoms. The number of nitrogens with zero attached hydrogens (tertiary/aromatic N) is 2. The van der Waals surface area contributed by atoms with Crippen LogP contribution in [0.4, 0.5) is 5.69 Å². The van der Waals surface area contributed by atoms with Crippen molar-refractivity contribution in [3.05, 3.63) is 12.4 Å². The van der Waals surface area contributed by atoms with Crippen LogP contribution in [-0.4, -0.2) is 34.3 Å². The first-order valence-corrected chi connectivity index (χ1v) is 6.73. The molecule has 0 aromatic carbocycles. The zero-order chi connectivity index (χ0) is 13.0. The van der Waals surface area contributed by atoms with Crippen LogP contribution in [-0.2, 0) is 16.1 Å². The summed E-state index contributed by atoms with van der Waals surface area (Å²) in [6.07, 6.45) is 5.90. The van der Waals surface area contributed by atoms with Crippen LogP contribution in [0.25, 0.3) is 0 Å². The van der Waals surface area contributed by atoms with Gasteiger partial charge in [-0.05, 0) is 12.8 Å². The lowest BCUT2D eigenvalue weighted by Crippen LogP contribution is -2.21. The molecule has 1 N–H and O–H groups in total. The smallest absolute Gasteiger partial charge is 0.228 e. The molecule has 5 nitrogen and oxygen atoms in total. The molecule has 2 heterocycles. The van der Waals surface area contributed by atoms with Gasteiger partial charge in [-0.2, -0.15) is 5.10 Å². The number of nitrogens with one attached hydrogen (secondary N) is 1. The minimum absolute atomic E-state index is 0.0818. The van der Waals surface area contributed by atoms with Gasteiger partial charge >= 0.3 is 0 Å². The minimum Gasteiger partial charge on any atom is -0.376 e. The molecule has 6 heteroatoms. The minimum atomic E-state index is -0.201. The molecule has 2 unspecified atom stereocenters. The number of rotatable bonds is 5. The summed E-state index contributed by atoms with van der Waals surface area (Å²) < 4.78 is 7.34. The molecule has 1 aliphatic heterocycles. The second-order valence-electron chi connectivity index (χ2n) is 4.63. The van der Waals surface area contributed by atoms with Gasteiger partial charge in [-0.25, -0.2) is 0 Å². The highest BCUT2D eigenvalue weighted by atomic mass is 35.5. The Labute approximate surface area is 111 Å². The van der Waals surface area contributed by atoms with Gasteiger partial charge in [-0.3, -0.25) is 9.48 Å². The summed E-state index contributed by atoms with van der Waals surface area (Å²) in [5, 5.41) is 7.00. The van der Waals surface area contributed by atoms with Crippen molar-refractivity contribution in [1.29, 1.82) is 0 Å². The molecule has 1 fully saturated rings. The molecule has 1 aliphatic rings. The molecule has 1 aromatic rings. The fraction of sp³-hybridized carbons (Fsp3) is 0.667. The van der Waals surface area contributed by atoms with Crippen LogP contribution < -0.4 is 5.32 Å². The average molecular weight is 272 g/mol. The van der Waals surface area contributed by atoms with Gasteiger partial charge in [0.15, 0.2) is 0 Å². The predicted octanol–water partition coefficient (Wildman–Crippen LogP) is 1.88. The van der Waals surface area contributed by atoms with Crippen LogP contribution >= 0.6 is 11.6 Å². The highest BCUT2D eigenvalue weighted by molar-refractivity contribution is 6.19. The maximum Gasteiger partial charge on any atom is 0.228 e. The van der Waals surface area contributed by atoms with Gasteiger partial charge < -0.3 is 10.1 Å². The number of ether oxygens (including phenoxy) is 1. The number of carbonyl (C=O) groups is 1. The molecule has 1 amide bonds.